The number of ether oxygens (including phenoxy) is 1. The molecule has 156 valence electrons. The van der Waals surface area contributed by atoms with E-state index in [0.717, 1.165) is 28.5 Å². The fourth-order valence-electron chi connectivity index (χ4n) is 2.94. The van der Waals surface area contributed by atoms with Gasteiger partial charge in [-0.25, -0.2) is 9.97 Å². The lowest BCUT2D eigenvalue weighted by Gasteiger charge is -2.40. The molecule has 4 aromatic rings. The molecule has 0 unspecified atom stereocenters. The number of nitrogens with zero attached hydrogens (tertiary/aromatic N) is 2. The maximum atomic E-state index is 12.9. The largest absolute Gasteiger partial charge is 0.438 e. The minimum absolute atomic E-state index is 0.0604. The second-order valence-corrected chi connectivity index (χ2v) is 8.94. The van der Waals surface area contributed by atoms with E-state index in [1.807, 2.05) is 6.07 Å². The van der Waals surface area contributed by atoms with Crippen LogP contribution in [0.2, 0.25) is 0 Å². The molecule has 10 heteroatoms. The molecule has 0 atom stereocenters. The van der Waals surface area contributed by atoms with Gasteiger partial charge in [0.15, 0.2) is 0 Å². The molecule has 30 heavy (non-hydrogen) atoms. The predicted octanol–water partition coefficient (Wildman–Crippen LogP) is 7.33. The molecule has 2 heterocycles. The number of nitrogens with two attached hydrogens (primary N) is 1. The Bertz CT molecular complexity index is 1260. The monoisotopic (exact) mass is 439 g/mol. The van der Waals surface area contributed by atoms with Gasteiger partial charge in [0.1, 0.15) is 16.5 Å². The summed E-state index contributed by atoms with van der Waals surface area (Å²) in [5.41, 5.74) is 7.14. The number of nitrogen functional groups attached to an aromatic ring is 1. The minimum atomic E-state index is -9.74. The third kappa shape index (κ3) is 3.99. The van der Waals surface area contributed by atoms with Crippen LogP contribution in [0.3, 0.4) is 0 Å². The van der Waals surface area contributed by atoms with Gasteiger partial charge in [-0.2, -0.15) is 0 Å². The quantitative estimate of drug-likeness (QED) is 0.338. The first-order valence-electron chi connectivity index (χ1n) is 8.52. The molecular formula is C20H14F5N3OS. The van der Waals surface area contributed by atoms with Gasteiger partial charge in [0.05, 0.1) is 0 Å². The Balaban J connectivity index is 1.70. The van der Waals surface area contributed by atoms with E-state index in [4.69, 9.17) is 10.5 Å². The van der Waals surface area contributed by atoms with Crippen molar-refractivity contribution in [1.82, 2.24) is 9.97 Å². The maximum absolute atomic E-state index is 12.9. The molecule has 0 aliphatic rings. The lowest BCUT2D eigenvalue weighted by molar-refractivity contribution is 0.363. The molecule has 2 aromatic carbocycles. The highest BCUT2D eigenvalue weighted by Gasteiger charge is 2.65. The van der Waals surface area contributed by atoms with Crippen molar-refractivity contribution in [1.29, 1.82) is 0 Å². The standard InChI is InChI=1S/C20H14F5N3OS/c21-30(22,23,24,25)16-6-4-15(5-7-16)29-20-18(2-1-10-28-20)13-3-8-17-14(12-13)9-11-27-19(17)26/h1-12H,(H2,26,27). The Morgan fingerprint density at radius 3 is 2.23 bits per heavy atom. The number of rotatable bonds is 4. The molecule has 0 amide bonds. The lowest BCUT2D eigenvalue weighted by Crippen LogP contribution is -2.05. The van der Waals surface area contributed by atoms with Crippen molar-refractivity contribution in [2.75, 3.05) is 5.73 Å². The van der Waals surface area contributed by atoms with Crippen molar-refractivity contribution in [3.63, 3.8) is 0 Å². The van der Waals surface area contributed by atoms with Crippen LogP contribution >= 0.6 is 10.2 Å². The summed E-state index contributed by atoms with van der Waals surface area (Å²) in [6, 6.07) is 12.8. The molecule has 2 aromatic heterocycles. The van der Waals surface area contributed by atoms with Gasteiger partial charge >= 0.3 is 10.2 Å². The minimum Gasteiger partial charge on any atom is -0.438 e. The summed E-state index contributed by atoms with van der Waals surface area (Å²) in [6.45, 7) is 0. The average molecular weight is 439 g/mol. The van der Waals surface area contributed by atoms with E-state index < -0.39 is 15.1 Å². The van der Waals surface area contributed by atoms with Crippen LogP contribution in [0.1, 0.15) is 0 Å². The van der Waals surface area contributed by atoms with Crippen LogP contribution in [0, 0.1) is 0 Å². The third-order valence-corrected chi connectivity index (χ3v) is 5.52. The van der Waals surface area contributed by atoms with E-state index in [-0.39, 0.29) is 11.6 Å². The number of aromatic nitrogens is 2. The van der Waals surface area contributed by atoms with Crippen molar-refractivity contribution in [3.8, 4) is 22.8 Å². The van der Waals surface area contributed by atoms with Crippen LogP contribution in [0.4, 0.5) is 25.2 Å². The molecule has 0 aliphatic heterocycles. The van der Waals surface area contributed by atoms with Gasteiger partial charge in [0.25, 0.3) is 0 Å². The predicted molar refractivity (Wildman–Crippen MR) is 107 cm³/mol. The smallest absolute Gasteiger partial charge is 0.310 e. The lowest BCUT2D eigenvalue weighted by atomic mass is 10.0. The van der Waals surface area contributed by atoms with Gasteiger partial charge in [-0.05, 0) is 59.5 Å². The number of hydrogen-bond donors (Lipinski definition) is 1. The molecule has 0 bridgehead atoms. The highest BCUT2D eigenvalue weighted by atomic mass is 32.5. The Hall–Kier alpha value is -3.40. The van der Waals surface area contributed by atoms with Crippen LogP contribution in [-0.2, 0) is 0 Å². The van der Waals surface area contributed by atoms with Crippen molar-refractivity contribution < 1.29 is 24.2 Å². The van der Waals surface area contributed by atoms with Crippen molar-refractivity contribution in [3.05, 3.63) is 73.1 Å². The normalized spacial score (nSPS) is 14.2. The summed E-state index contributed by atoms with van der Waals surface area (Å²) < 4.78 is 70.0. The SMILES string of the molecule is Nc1nccc2cc(-c3cccnc3Oc3ccc(S(F)(F)(F)(F)F)cc3)ccc12. The summed E-state index contributed by atoms with van der Waals surface area (Å²) in [6.07, 6.45) is 3.02. The van der Waals surface area contributed by atoms with E-state index in [0.29, 0.717) is 23.5 Å². The fraction of sp³-hybridized carbons (Fsp3) is 0. The van der Waals surface area contributed by atoms with E-state index in [1.54, 1.807) is 36.5 Å². The van der Waals surface area contributed by atoms with Gasteiger partial charge in [0.2, 0.25) is 5.88 Å². The van der Waals surface area contributed by atoms with Crippen LogP contribution in [-0.4, -0.2) is 9.97 Å². The third-order valence-electron chi connectivity index (χ3n) is 4.36. The zero-order chi connectivity index (χ0) is 21.6. The molecular weight excluding hydrogens is 425 g/mol. The van der Waals surface area contributed by atoms with Gasteiger partial charge in [-0.15, -0.1) is 0 Å². The number of anilines is 1. The number of halogens is 5. The van der Waals surface area contributed by atoms with Crippen molar-refractivity contribution >= 4 is 26.8 Å². The molecule has 4 nitrogen and oxygen atoms in total. The Morgan fingerprint density at radius 1 is 0.800 bits per heavy atom. The van der Waals surface area contributed by atoms with Crippen LogP contribution < -0.4 is 10.5 Å². The second kappa shape index (κ2) is 6.05. The van der Waals surface area contributed by atoms with Gasteiger partial charge < -0.3 is 10.5 Å². The Kier molecular flexibility index (Phi) is 4.01. The first-order chi connectivity index (χ1) is 13.9. The van der Waals surface area contributed by atoms with Gasteiger partial charge in [0, 0.05) is 23.3 Å². The Labute approximate surface area is 167 Å². The molecule has 0 spiro atoms. The number of hydrogen-bond acceptors (Lipinski definition) is 4. The molecule has 0 saturated heterocycles. The number of pyridine rings is 2. The summed E-state index contributed by atoms with van der Waals surface area (Å²) >= 11 is 0. The molecule has 0 fully saturated rings. The van der Waals surface area contributed by atoms with Gasteiger partial charge in [-0.1, -0.05) is 31.6 Å². The average Bonchev–Trinajstić information content (AvgIpc) is 2.67. The first kappa shape index (κ1) is 19.9. The number of fused-ring (bicyclic) bond motifs is 1. The van der Waals surface area contributed by atoms with Crippen LogP contribution in [0.25, 0.3) is 21.9 Å². The second-order valence-electron chi connectivity index (χ2n) is 6.53. The highest BCUT2D eigenvalue weighted by Crippen LogP contribution is 3.02. The van der Waals surface area contributed by atoms with Crippen LogP contribution in [0.5, 0.6) is 11.6 Å². The molecule has 4 rings (SSSR count). The maximum Gasteiger partial charge on any atom is 0.310 e. The van der Waals surface area contributed by atoms with Gasteiger partial charge in [-0.3, -0.25) is 0 Å². The van der Waals surface area contributed by atoms with E-state index >= 15 is 0 Å². The van der Waals surface area contributed by atoms with E-state index in [2.05, 4.69) is 9.97 Å². The summed E-state index contributed by atoms with van der Waals surface area (Å²) in [5, 5.41) is 1.59. The van der Waals surface area contributed by atoms with Crippen molar-refractivity contribution in [2.24, 2.45) is 0 Å². The molecule has 0 radical (unpaired) electrons. The Morgan fingerprint density at radius 2 is 1.53 bits per heavy atom. The molecule has 2 N–H and O–H groups in total. The fourth-order valence-corrected chi connectivity index (χ4v) is 3.59. The van der Waals surface area contributed by atoms with E-state index in [9.17, 15) is 19.4 Å². The van der Waals surface area contributed by atoms with E-state index in [1.165, 1.54) is 6.20 Å². The topological polar surface area (TPSA) is 61.0 Å². The summed E-state index contributed by atoms with van der Waals surface area (Å²) in [5.74, 6) is 0.430. The summed E-state index contributed by atoms with van der Waals surface area (Å²) in [7, 11) is -9.74. The molecule has 0 saturated carbocycles. The zero-order valence-corrected chi connectivity index (χ0v) is 15.9. The zero-order valence-electron chi connectivity index (χ0n) is 15.1. The van der Waals surface area contributed by atoms with Crippen LogP contribution in [0.15, 0.2) is 78.0 Å². The first-order valence-corrected chi connectivity index (χ1v) is 10.5. The number of benzene rings is 2. The highest BCUT2D eigenvalue weighted by molar-refractivity contribution is 8.45. The molecule has 0 aliphatic carbocycles. The van der Waals surface area contributed by atoms with Crippen molar-refractivity contribution in [2.45, 2.75) is 4.90 Å². The summed E-state index contributed by atoms with van der Waals surface area (Å²) in [4.78, 5) is 6.17.